The van der Waals surface area contributed by atoms with Gasteiger partial charge in [0.05, 0.1) is 13.3 Å². The van der Waals surface area contributed by atoms with Crippen LogP contribution in [0.15, 0.2) is 36.2 Å². The molecule has 31 heavy (non-hydrogen) atoms. The molecule has 5 rings (SSSR count). The number of nitrogens with one attached hydrogen (secondary N) is 4. The SMILES string of the molecule is COc1cc(Nc2cc(NC3CC3)n3ncc(/C=C4\NC(=O)NC4=O)c3n2)ccc1F. The van der Waals surface area contributed by atoms with E-state index in [0.717, 1.165) is 12.8 Å². The van der Waals surface area contributed by atoms with Crippen molar-refractivity contribution in [1.82, 2.24) is 25.2 Å². The number of aromatic nitrogens is 3. The van der Waals surface area contributed by atoms with Crippen molar-refractivity contribution in [2.24, 2.45) is 0 Å². The Bertz CT molecular complexity index is 1250. The van der Waals surface area contributed by atoms with Gasteiger partial charge < -0.3 is 20.7 Å². The number of methoxy groups -OCH3 is 1. The van der Waals surface area contributed by atoms with E-state index in [1.165, 1.54) is 25.3 Å². The normalized spacial score (nSPS) is 17.0. The molecule has 0 atom stereocenters. The minimum Gasteiger partial charge on any atom is -0.494 e. The Hall–Kier alpha value is -4.15. The molecule has 1 aliphatic carbocycles. The summed E-state index contributed by atoms with van der Waals surface area (Å²) in [5.74, 6) is 0.334. The van der Waals surface area contributed by atoms with Gasteiger partial charge in [0.2, 0.25) is 0 Å². The third-order valence-corrected chi connectivity index (χ3v) is 4.87. The van der Waals surface area contributed by atoms with Gasteiger partial charge in [-0.1, -0.05) is 0 Å². The summed E-state index contributed by atoms with van der Waals surface area (Å²) in [5.41, 5.74) is 1.73. The Morgan fingerprint density at radius 1 is 1.26 bits per heavy atom. The second kappa shape index (κ2) is 7.27. The summed E-state index contributed by atoms with van der Waals surface area (Å²) in [6.07, 6.45) is 5.20. The maximum atomic E-state index is 13.7. The zero-order chi connectivity index (χ0) is 21.5. The fourth-order valence-corrected chi connectivity index (χ4v) is 3.21. The molecule has 0 radical (unpaired) electrons. The zero-order valence-electron chi connectivity index (χ0n) is 16.4. The Kier molecular flexibility index (Phi) is 4.42. The van der Waals surface area contributed by atoms with Crippen LogP contribution in [0.1, 0.15) is 18.4 Å². The number of carbonyl (C=O) groups excluding carboxylic acids is 2. The van der Waals surface area contributed by atoms with Gasteiger partial charge in [-0.2, -0.15) is 9.61 Å². The van der Waals surface area contributed by atoms with Crippen molar-refractivity contribution in [1.29, 1.82) is 0 Å². The highest BCUT2D eigenvalue weighted by atomic mass is 19.1. The van der Waals surface area contributed by atoms with Crippen molar-refractivity contribution >= 4 is 41.0 Å². The summed E-state index contributed by atoms with van der Waals surface area (Å²) >= 11 is 0. The van der Waals surface area contributed by atoms with Crippen molar-refractivity contribution in [2.75, 3.05) is 17.7 Å². The molecule has 0 unspecified atom stereocenters. The Labute approximate surface area is 175 Å². The second-order valence-corrected chi connectivity index (χ2v) is 7.22. The molecule has 0 spiro atoms. The summed E-state index contributed by atoms with van der Waals surface area (Å²) in [7, 11) is 1.40. The molecule has 2 aromatic heterocycles. The van der Waals surface area contributed by atoms with E-state index in [-0.39, 0.29) is 11.4 Å². The molecule has 11 heteroatoms. The molecule has 3 heterocycles. The average molecular weight is 423 g/mol. The van der Waals surface area contributed by atoms with Crippen molar-refractivity contribution in [3.8, 4) is 5.75 Å². The lowest BCUT2D eigenvalue weighted by atomic mass is 10.2. The number of anilines is 3. The number of hydrogen-bond donors (Lipinski definition) is 4. The second-order valence-electron chi connectivity index (χ2n) is 7.22. The van der Waals surface area contributed by atoms with Gasteiger partial charge >= 0.3 is 6.03 Å². The summed E-state index contributed by atoms with van der Waals surface area (Å²) in [6, 6.07) is 6.00. The number of rotatable bonds is 6. The predicted molar refractivity (Wildman–Crippen MR) is 111 cm³/mol. The molecule has 1 saturated carbocycles. The zero-order valence-corrected chi connectivity index (χ0v) is 16.4. The molecule has 3 aromatic rings. The first kappa shape index (κ1) is 18.9. The Morgan fingerprint density at radius 3 is 2.81 bits per heavy atom. The van der Waals surface area contributed by atoms with Crippen LogP contribution in [0.25, 0.3) is 11.7 Å². The van der Waals surface area contributed by atoms with E-state index in [4.69, 9.17) is 4.74 Å². The van der Waals surface area contributed by atoms with Crippen molar-refractivity contribution in [3.63, 3.8) is 0 Å². The molecule has 10 nitrogen and oxygen atoms in total. The van der Waals surface area contributed by atoms with Crippen LogP contribution in [0.4, 0.5) is 26.5 Å². The maximum absolute atomic E-state index is 13.7. The van der Waals surface area contributed by atoms with Crippen LogP contribution in [-0.2, 0) is 4.79 Å². The van der Waals surface area contributed by atoms with Crippen LogP contribution < -0.4 is 26.0 Å². The topological polar surface area (TPSA) is 122 Å². The monoisotopic (exact) mass is 423 g/mol. The molecule has 2 fully saturated rings. The Balaban J connectivity index is 1.56. The number of hydrogen-bond acceptors (Lipinski definition) is 7. The fourth-order valence-electron chi connectivity index (χ4n) is 3.21. The van der Waals surface area contributed by atoms with E-state index in [0.29, 0.717) is 34.6 Å². The smallest absolute Gasteiger partial charge is 0.326 e. The number of benzene rings is 1. The van der Waals surface area contributed by atoms with Crippen LogP contribution >= 0.6 is 0 Å². The minimum atomic E-state index is -0.579. The molecule has 158 valence electrons. The standard InChI is InChI=1S/C20H18FN7O3/c1-31-15-7-12(4-5-13(15)21)23-16-8-17(24-11-2-3-11)28-18(26-16)10(9-22-28)6-14-19(29)27-20(30)25-14/h4-9,11,24H,2-3H2,1H3,(H,23,26)(H2,25,27,29,30)/b14-6-. The van der Waals surface area contributed by atoms with E-state index in [1.807, 2.05) is 0 Å². The van der Waals surface area contributed by atoms with Gasteiger partial charge in [0.15, 0.2) is 17.2 Å². The van der Waals surface area contributed by atoms with Gasteiger partial charge in [0.1, 0.15) is 17.3 Å². The molecular formula is C20H18FN7O3. The summed E-state index contributed by atoms with van der Waals surface area (Å²) in [6.45, 7) is 0. The lowest BCUT2D eigenvalue weighted by Crippen LogP contribution is -2.22. The number of ether oxygens (including phenoxy) is 1. The van der Waals surface area contributed by atoms with Crippen LogP contribution in [0.5, 0.6) is 5.75 Å². The van der Waals surface area contributed by atoms with E-state index in [9.17, 15) is 14.0 Å². The van der Waals surface area contributed by atoms with Crippen LogP contribution in [0, 0.1) is 5.82 Å². The summed E-state index contributed by atoms with van der Waals surface area (Å²) in [4.78, 5) is 27.9. The lowest BCUT2D eigenvalue weighted by Gasteiger charge is -2.12. The Morgan fingerprint density at radius 2 is 2.10 bits per heavy atom. The summed E-state index contributed by atoms with van der Waals surface area (Å²) < 4.78 is 20.4. The fraction of sp³-hybridized carbons (Fsp3) is 0.200. The molecule has 1 saturated heterocycles. The molecule has 2 aliphatic rings. The van der Waals surface area contributed by atoms with Gasteiger partial charge in [-0.3, -0.25) is 10.1 Å². The van der Waals surface area contributed by atoms with Crippen molar-refractivity contribution in [2.45, 2.75) is 18.9 Å². The highest BCUT2D eigenvalue weighted by molar-refractivity contribution is 6.14. The number of amides is 3. The number of nitrogens with zero attached hydrogens (tertiary/aromatic N) is 3. The molecular weight excluding hydrogens is 405 g/mol. The minimum absolute atomic E-state index is 0.111. The van der Waals surface area contributed by atoms with Crippen molar-refractivity contribution in [3.05, 3.63) is 47.5 Å². The third kappa shape index (κ3) is 3.72. The van der Waals surface area contributed by atoms with Gasteiger partial charge in [-0.15, -0.1) is 0 Å². The van der Waals surface area contributed by atoms with E-state index in [2.05, 4.69) is 31.3 Å². The number of imide groups is 1. The van der Waals surface area contributed by atoms with Crippen LogP contribution in [-0.4, -0.2) is 39.7 Å². The largest absolute Gasteiger partial charge is 0.494 e. The van der Waals surface area contributed by atoms with Gasteiger partial charge in [-0.05, 0) is 31.1 Å². The molecule has 4 N–H and O–H groups in total. The maximum Gasteiger partial charge on any atom is 0.326 e. The third-order valence-electron chi connectivity index (χ3n) is 4.87. The number of halogens is 1. The van der Waals surface area contributed by atoms with Gasteiger partial charge in [0, 0.05) is 29.4 Å². The average Bonchev–Trinajstić information content (AvgIpc) is 3.38. The highest BCUT2D eigenvalue weighted by Crippen LogP contribution is 2.29. The van der Waals surface area contributed by atoms with Crippen LogP contribution in [0.2, 0.25) is 0 Å². The van der Waals surface area contributed by atoms with E-state index >= 15 is 0 Å². The summed E-state index contributed by atoms with van der Waals surface area (Å²) in [5, 5.41) is 15.5. The number of carbonyl (C=O) groups is 2. The van der Waals surface area contributed by atoms with Crippen molar-refractivity contribution < 1.29 is 18.7 Å². The van der Waals surface area contributed by atoms with E-state index < -0.39 is 17.8 Å². The predicted octanol–water partition coefficient (Wildman–Crippen LogP) is 2.38. The molecule has 1 aromatic carbocycles. The molecule has 3 amide bonds. The molecule has 1 aliphatic heterocycles. The first-order valence-corrected chi connectivity index (χ1v) is 9.60. The number of fused-ring (bicyclic) bond motifs is 1. The van der Waals surface area contributed by atoms with E-state index in [1.54, 1.807) is 22.8 Å². The highest BCUT2D eigenvalue weighted by Gasteiger charge is 2.25. The molecule has 0 bridgehead atoms. The quantitative estimate of drug-likeness (QED) is 0.355. The first-order valence-electron chi connectivity index (χ1n) is 9.60. The van der Waals surface area contributed by atoms with Gasteiger partial charge in [0.25, 0.3) is 5.91 Å². The lowest BCUT2D eigenvalue weighted by molar-refractivity contribution is -0.115. The number of urea groups is 1. The van der Waals surface area contributed by atoms with Gasteiger partial charge in [-0.25, -0.2) is 14.2 Å². The van der Waals surface area contributed by atoms with Crippen LogP contribution in [0.3, 0.4) is 0 Å². The first-order chi connectivity index (χ1) is 15.0.